The summed E-state index contributed by atoms with van der Waals surface area (Å²) in [6.45, 7) is 11.4. The van der Waals surface area contributed by atoms with Crippen molar-refractivity contribution in [2.45, 2.75) is 53.0 Å². The van der Waals surface area contributed by atoms with E-state index < -0.39 is 0 Å². The number of carbonyl (C=O) groups excluding carboxylic acids is 1. The van der Waals surface area contributed by atoms with Crippen molar-refractivity contribution in [1.82, 2.24) is 10.2 Å². The Morgan fingerprint density at radius 3 is 2.38 bits per heavy atom. The maximum absolute atomic E-state index is 11.9. The SMILES string of the molecule is CCN(CC)C(C)CNC(=O)CCCc1ccc(C)cc1. The highest BCUT2D eigenvalue weighted by Crippen LogP contribution is 2.07. The molecule has 0 fully saturated rings. The number of nitrogens with zero attached hydrogens (tertiary/aromatic N) is 1. The van der Waals surface area contributed by atoms with E-state index >= 15 is 0 Å². The summed E-state index contributed by atoms with van der Waals surface area (Å²) < 4.78 is 0. The minimum absolute atomic E-state index is 0.168. The van der Waals surface area contributed by atoms with Crippen LogP contribution in [0.3, 0.4) is 0 Å². The van der Waals surface area contributed by atoms with E-state index in [4.69, 9.17) is 0 Å². The number of nitrogens with one attached hydrogen (secondary N) is 1. The molecule has 1 atom stereocenters. The Hall–Kier alpha value is -1.35. The molecule has 3 heteroatoms. The molecule has 1 amide bonds. The lowest BCUT2D eigenvalue weighted by atomic mass is 10.1. The number of benzene rings is 1. The predicted octanol–water partition coefficient (Wildman–Crippen LogP) is 3.16. The number of hydrogen-bond donors (Lipinski definition) is 1. The lowest BCUT2D eigenvalue weighted by Gasteiger charge is -2.26. The molecule has 0 bridgehead atoms. The molecule has 1 N–H and O–H groups in total. The van der Waals surface area contributed by atoms with Crippen molar-refractivity contribution in [2.75, 3.05) is 19.6 Å². The Morgan fingerprint density at radius 2 is 1.81 bits per heavy atom. The zero-order valence-electron chi connectivity index (χ0n) is 14.0. The van der Waals surface area contributed by atoms with Gasteiger partial charge in [-0.2, -0.15) is 0 Å². The summed E-state index contributed by atoms with van der Waals surface area (Å²) in [5.74, 6) is 0.168. The van der Waals surface area contributed by atoms with Gasteiger partial charge in [-0.05, 0) is 45.3 Å². The van der Waals surface area contributed by atoms with Gasteiger partial charge in [0, 0.05) is 19.0 Å². The fourth-order valence-corrected chi connectivity index (χ4v) is 2.53. The van der Waals surface area contributed by atoms with E-state index in [1.165, 1.54) is 11.1 Å². The molecule has 0 aliphatic rings. The highest BCUT2D eigenvalue weighted by atomic mass is 16.1. The van der Waals surface area contributed by atoms with Crippen LogP contribution >= 0.6 is 0 Å². The summed E-state index contributed by atoms with van der Waals surface area (Å²) in [5.41, 5.74) is 2.59. The van der Waals surface area contributed by atoms with E-state index in [0.29, 0.717) is 12.5 Å². The van der Waals surface area contributed by atoms with E-state index in [2.05, 4.69) is 62.2 Å². The van der Waals surface area contributed by atoms with E-state index in [9.17, 15) is 4.79 Å². The highest BCUT2D eigenvalue weighted by molar-refractivity contribution is 5.75. The molecule has 1 unspecified atom stereocenters. The second-order valence-corrected chi connectivity index (χ2v) is 5.71. The van der Waals surface area contributed by atoms with Crippen LogP contribution in [0.1, 0.15) is 44.7 Å². The summed E-state index contributed by atoms with van der Waals surface area (Å²) in [7, 11) is 0. The van der Waals surface area contributed by atoms with Crippen molar-refractivity contribution in [3.05, 3.63) is 35.4 Å². The molecule has 0 saturated carbocycles. The van der Waals surface area contributed by atoms with E-state index in [0.717, 1.165) is 32.5 Å². The van der Waals surface area contributed by atoms with E-state index in [1.54, 1.807) is 0 Å². The van der Waals surface area contributed by atoms with Gasteiger partial charge >= 0.3 is 0 Å². The normalized spacial score (nSPS) is 12.4. The molecule has 3 nitrogen and oxygen atoms in total. The molecule has 0 radical (unpaired) electrons. The third kappa shape index (κ3) is 6.76. The molecule has 118 valence electrons. The smallest absolute Gasteiger partial charge is 0.220 e. The molecular weight excluding hydrogens is 260 g/mol. The van der Waals surface area contributed by atoms with Crippen LogP contribution in [0.2, 0.25) is 0 Å². The minimum Gasteiger partial charge on any atom is -0.355 e. The summed E-state index contributed by atoms with van der Waals surface area (Å²) >= 11 is 0. The average Bonchev–Trinajstić information content (AvgIpc) is 2.48. The Morgan fingerprint density at radius 1 is 1.19 bits per heavy atom. The molecule has 0 aromatic heterocycles. The summed E-state index contributed by atoms with van der Waals surface area (Å²) in [5, 5.41) is 3.05. The van der Waals surface area contributed by atoms with Gasteiger partial charge in [0.2, 0.25) is 5.91 Å². The van der Waals surface area contributed by atoms with Crippen molar-refractivity contribution in [2.24, 2.45) is 0 Å². The van der Waals surface area contributed by atoms with Gasteiger partial charge in [0.25, 0.3) is 0 Å². The number of hydrogen-bond acceptors (Lipinski definition) is 2. The number of amides is 1. The van der Waals surface area contributed by atoms with Gasteiger partial charge in [-0.25, -0.2) is 0 Å². The number of likely N-dealkylation sites (N-methyl/N-ethyl adjacent to an activating group) is 1. The Labute approximate surface area is 129 Å². The third-order valence-electron chi connectivity index (χ3n) is 4.02. The minimum atomic E-state index is 0.168. The van der Waals surface area contributed by atoms with Crippen molar-refractivity contribution in [3.63, 3.8) is 0 Å². The van der Waals surface area contributed by atoms with Crippen LogP contribution in [0.4, 0.5) is 0 Å². The van der Waals surface area contributed by atoms with Crippen molar-refractivity contribution < 1.29 is 4.79 Å². The molecule has 0 aliphatic carbocycles. The standard InChI is InChI=1S/C18H30N2O/c1-5-20(6-2)16(4)14-19-18(21)9-7-8-17-12-10-15(3)11-13-17/h10-13,16H,5-9,14H2,1-4H3,(H,19,21). The molecule has 0 heterocycles. The average molecular weight is 290 g/mol. The predicted molar refractivity (Wildman–Crippen MR) is 89.5 cm³/mol. The third-order valence-corrected chi connectivity index (χ3v) is 4.02. The van der Waals surface area contributed by atoms with Gasteiger partial charge in [-0.3, -0.25) is 9.69 Å². The van der Waals surface area contributed by atoms with Crippen LogP contribution in [0.25, 0.3) is 0 Å². The topological polar surface area (TPSA) is 32.3 Å². The second-order valence-electron chi connectivity index (χ2n) is 5.71. The van der Waals surface area contributed by atoms with Crippen molar-refractivity contribution >= 4 is 5.91 Å². The van der Waals surface area contributed by atoms with Crippen LogP contribution in [0.15, 0.2) is 24.3 Å². The van der Waals surface area contributed by atoms with Gasteiger partial charge in [0.1, 0.15) is 0 Å². The van der Waals surface area contributed by atoms with Gasteiger partial charge in [-0.1, -0.05) is 43.7 Å². The molecule has 0 saturated heterocycles. The van der Waals surface area contributed by atoms with Gasteiger partial charge in [-0.15, -0.1) is 0 Å². The first kappa shape index (κ1) is 17.7. The largest absolute Gasteiger partial charge is 0.355 e. The monoisotopic (exact) mass is 290 g/mol. The van der Waals surface area contributed by atoms with Crippen molar-refractivity contribution in [3.8, 4) is 0 Å². The summed E-state index contributed by atoms with van der Waals surface area (Å²) in [6.07, 6.45) is 2.49. The maximum atomic E-state index is 11.9. The summed E-state index contributed by atoms with van der Waals surface area (Å²) in [4.78, 5) is 14.2. The highest BCUT2D eigenvalue weighted by Gasteiger charge is 2.11. The number of aryl methyl sites for hydroxylation is 2. The molecule has 1 aromatic carbocycles. The molecular formula is C18H30N2O. The molecule has 1 aromatic rings. The van der Waals surface area contributed by atoms with E-state index in [-0.39, 0.29) is 5.91 Å². The number of carbonyl (C=O) groups is 1. The fourth-order valence-electron chi connectivity index (χ4n) is 2.53. The molecule has 21 heavy (non-hydrogen) atoms. The molecule has 0 aliphatic heterocycles. The first-order valence-electron chi connectivity index (χ1n) is 8.13. The first-order valence-corrected chi connectivity index (χ1v) is 8.13. The van der Waals surface area contributed by atoms with Crippen LogP contribution in [0.5, 0.6) is 0 Å². The van der Waals surface area contributed by atoms with E-state index in [1.807, 2.05) is 0 Å². The van der Waals surface area contributed by atoms with Crippen LogP contribution in [0, 0.1) is 6.92 Å². The summed E-state index contributed by atoms with van der Waals surface area (Å²) in [6, 6.07) is 8.95. The van der Waals surface area contributed by atoms with Crippen molar-refractivity contribution in [1.29, 1.82) is 0 Å². The Kier molecular flexibility index (Phi) is 8.06. The Bertz CT molecular complexity index is 410. The van der Waals surface area contributed by atoms with Gasteiger partial charge < -0.3 is 5.32 Å². The lowest BCUT2D eigenvalue weighted by molar-refractivity contribution is -0.121. The van der Waals surface area contributed by atoms with Crippen LogP contribution < -0.4 is 5.32 Å². The van der Waals surface area contributed by atoms with Gasteiger partial charge in [0.05, 0.1) is 0 Å². The second kappa shape index (κ2) is 9.56. The van der Waals surface area contributed by atoms with Crippen LogP contribution in [-0.2, 0) is 11.2 Å². The zero-order chi connectivity index (χ0) is 15.7. The maximum Gasteiger partial charge on any atom is 0.220 e. The number of rotatable bonds is 9. The Balaban J connectivity index is 2.20. The quantitative estimate of drug-likeness (QED) is 0.757. The first-order chi connectivity index (χ1) is 10.1. The fraction of sp³-hybridized carbons (Fsp3) is 0.611. The lowest BCUT2D eigenvalue weighted by Crippen LogP contribution is -2.41. The molecule has 1 rings (SSSR count). The van der Waals surface area contributed by atoms with Gasteiger partial charge in [0.15, 0.2) is 0 Å². The van der Waals surface area contributed by atoms with Crippen LogP contribution in [-0.4, -0.2) is 36.5 Å². The zero-order valence-corrected chi connectivity index (χ0v) is 14.0. The molecule has 0 spiro atoms.